The zero-order valence-corrected chi connectivity index (χ0v) is 14.6. The highest BCUT2D eigenvalue weighted by Gasteiger charge is 2.16. The summed E-state index contributed by atoms with van der Waals surface area (Å²) in [6.07, 6.45) is 4.88. The Bertz CT molecular complexity index is 771. The van der Waals surface area contributed by atoms with Gasteiger partial charge in [0.2, 0.25) is 0 Å². The molecule has 0 unspecified atom stereocenters. The van der Waals surface area contributed by atoms with Crippen LogP contribution in [0.2, 0.25) is 0 Å². The van der Waals surface area contributed by atoms with Gasteiger partial charge in [0.05, 0.1) is 0 Å². The topological polar surface area (TPSA) is 76.6 Å². The van der Waals surface area contributed by atoms with Crippen molar-refractivity contribution >= 4 is 17.4 Å². The first-order valence-electron chi connectivity index (χ1n) is 9.09. The molecule has 7 heteroatoms. The molecule has 1 fully saturated rings. The van der Waals surface area contributed by atoms with Gasteiger partial charge in [-0.05, 0) is 37.1 Å². The minimum atomic E-state index is -0.295. The van der Waals surface area contributed by atoms with Crippen molar-refractivity contribution in [3.63, 3.8) is 0 Å². The summed E-state index contributed by atoms with van der Waals surface area (Å²) in [6.45, 7) is 3.04. The van der Waals surface area contributed by atoms with Crippen LogP contribution in [0.25, 0.3) is 0 Å². The van der Waals surface area contributed by atoms with E-state index in [4.69, 9.17) is 9.47 Å². The SMILES string of the molecule is O=C(Nc1ccc2c(c1)OCCO2)c1ccc(N2CCCCCC2)nn1. The van der Waals surface area contributed by atoms with Gasteiger partial charge in [0, 0.05) is 24.8 Å². The summed E-state index contributed by atoms with van der Waals surface area (Å²) in [4.78, 5) is 14.7. The lowest BCUT2D eigenvalue weighted by atomic mass is 10.2. The molecule has 3 heterocycles. The Morgan fingerprint density at radius 2 is 1.69 bits per heavy atom. The monoisotopic (exact) mass is 354 g/mol. The number of aromatic nitrogens is 2. The van der Waals surface area contributed by atoms with Gasteiger partial charge in [0.25, 0.3) is 5.91 Å². The molecule has 26 heavy (non-hydrogen) atoms. The number of carbonyl (C=O) groups is 1. The van der Waals surface area contributed by atoms with Gasteiger partial charge in [-0.25, -0.2) is 0 Å². The number of nitrogens with one attached hydrogen (secondary N) is 1. The van der Waals surface area contributed by atoms with Crippen LogP contribution in [0.15, 0.2) is 30.3 Å². The standard InChI is InChI=1S/C19H22N4O3/c24-19(20-14-5-7-16-17(13-14)26-12-11-25-16)15-6-8-18(22-21-15)23-9-3-1-2-4-10-23/h5-8,13H,1-4,9-12H2,(H,20,24). The minimum Gasteiger partial charge on any atom is -0.486 e. The van der Waals surface area contributed by atoms with E-state index in [1.807, 2.05) is 6.07 Å². The molecule has 0 spiro atoms. The number of anilines is 2. The normalized spacial score (nSPS) is 16.7. The molecule has 0 saturated carbocycles. The lowest BCUT2D eigenvalue weighted by molar-refractivity contribution is 0.102. The molecule has 1 aromatic carbocycles. The van der Waals surface area contributed by atoms with Crippen molar-refractivity contribution in [2.24, 2.45) is 0 Å². The predicted molar refractivity (Wildman–Crippen MR) is 98.1 cm³/mol. The molecule has 2 aromatic rings. The van der Waals surface area contributed by atoms with Crippen LogP contribution in [-0.4, -0.2) is 42.4 Å². The molecule has 0 radical (unpaired) electrons. The highest BCUT2D eigenvalue weighted by atomic mass is 16.6. The van der Waals surface area contributed by atoms with Crippen molar-refractivity contribution < 1.29 is 14.3 Å². The van der Waals surface area contributed by atoms with Gasteiger partial charge in [0.1, 0.15) is 13.2 Å². The summed E-state index contributed by atoms with van der Waals surface area (Å²) >= 11 is 0. The number of fused-ring (bicyclic) bond motifs is 1. The first-order chi connectivity index (χ1) is 12.8. The first kappa shape index (κ1) is 16.6. The van der Waals surface area contributed by atoms with Crippen LogP contribution in [0.3, 0.4) is 0 Å². The van der Waals surface area contributed by atoms with Crippen LogP contribution in [0.1, 0.15) is 36.2 Å². The van der Waals surface area contributed by atoms with E-state index in [2.05, 4.69) is 20.4 Å². The van der Waals surface area contributed by atoms with Crippen LogP contribution < -0.4 is 19.7 Å². The maximum atomic E-state index is 12.4. The van der Waals surface area contributed by atoms with Gasteiger partial charge < -0.3 is 19.7 Å². The average Bonchev–Trinajstić information content (AvgIpc) is 2.97. The van der Waals surface area contributed by atoms with E-state index in [1.54, 1.807) is 24.3 Å². The lowest BCUT2D eigenvalue weighted by Crippen LogP contribution is -2.25. The number of hydrogen-bond acceptors (Lipinski definition) is 6. The molecule has 1 aromatic heterocycles. The fourth-order valence-corrected chi connectivity index (χ4v) is 3.23. The van der Waals surface area contributed by atoms with Crippen molar-refractivity contribution in [2.45, 2.75) is 25.7 Å². The summed E-state index contributed by atoms with van der Waals surface area (Å²) in [5.41, 5.74) is 0.927. The fraction of sp³-hybridized carbons (Fsp3) is 0.421. The van der Waals surface area contributed by atoms with Crippen LogP contribution in [-0.2, 0) is 0 Å². The summed E-state index contributed by atoms with van der Waals surface area (Å²) in [5.74, 6) is 1.87. The van der Waals surface area contributed by atoms with E-state index < -0.39 is 0 Å². The van der Waals surface area contributed by atoms with Crippen LogP contribution in [0.5, 0.6) is 11.5 Å². The Morgan fingerprint density at radius 3 is 2.42 bits per heavy atom. The molecule has 1 saturated heterocycles. The summed E-state index contributed by atoms with van der Waals surface area (Å²) in [7, 11) is 0. The van der Waals surface area contributed by atoms with E-state index >= 15 is 0 Å². The first-order valence-corrected chi connectivity index (χ1v) is 9.09. The van der Waals surface area contributed by atoms with E-state index in [1.165, 1.54) is 25.7 Å². The molecule has 0 atom stereocenters. The third-order valence-electron chi connectivity index (χ3n) is 4.61. The van der Waals surface area contributed by atoms with Gasteiger partial charge >= 0.3 is 0 Å². The molecule has 0 aliphatic carbocycles. The number of nitrogens with zero attached hydrogens (tertiary/aromatic N) is 3. The van der Waals surface area contributed by atoms with Crippen molar-refractivity contribution in [2.75, 3.05) is 36.5 Å². The molecule has 2 aliphatic rings. The van der Waals surface area contributed by atoms with E-state index in [0.717, 1.165) is 18.9 Å². The van der Waals surface area contributed by atoms with Crippen LogP contribution >= 0.6 is 0 Å². The van der Waals surface area contributed by atoms with Gasteiger partial charge in [0.15, 0.2) is 23.0 Å². The second kappa shape index (κ2) is 7.59. The van der Waals surface area contributed by atoms with Crippen molar-refractivity contribution in [1.29, 1.82) is 0 Å². The van der Waals surface area contributed by atoms with Gasteiger partial charge in [-0.3, -0.25) is 4.79 Å². The van der Waals surface area contributed by atoms with Gasteiger partial charge in [-0.2, -0.15) is 0 Å². The van der Waals surface area contributed by atoms with Crippen molar-refractivity contribution in [3.05, 3.63) is 36.0 Å². The third kappa shape index (κ3) is 3.71. The quantitative estimate of drug-likeness (QED) is 0.913. The van der Waals surface area contributed by atoms with Crippen LogP contribution in [0, 0.1) is 0 Å². The highest BCUT2D eigenvalue weighted by Crippen LogP contribution is 2.32. The Kier molecular flexibility index (Phi) is 4.86. The molecule has 1 amide bonds. The second-order valence-corrected chi connectivity index (χ2v) is 6.49. The molecular formula is C19H22N4O3. The third-order valence-corrected chi connectivity index (χ3v) is 4.61. The molecule has 2 aliphatic heterocycles. The lowest BCUT2D eigenvalue weighted by Gasteiger charge is -2.20. The molecule has 136 valence electrons. The molecular weight excluding hydrogens is 332 g/mol. The number of benzene rings is 1. The van der Waals surface area contributed by atoms with E-state index in [0.29, 0.717) is 36.1 Å². The zero-order valence-electron chi connectivity index (χ0n) is 14.6. The maximum absolute atomic E-state index is 12.4. The van der Waals surface area contributed by atoms with Crippen molar-refractivity contribution in [3.8, 4) is 11.5 Å². The Balaban J connectivity index is 1.43. The Labute approximate surface area is 152 Å². The number of hydrogen-bond donors (Lipinski definition) is 1. The highest BCUT2D eigenvalue weighted by molar-refractivity contribution is 6.03. The summed E-state index contributed by atoms with van der Waals surface area (Å²) in [6, 6.07) is 8.92. The molecule has 0 bridgehead atoms. The van der Waals surface area contributed by atoms with E-state index in [-0.39, 0.29) is 5.91 Å². The van der Waals surface area contributed by atoms with Crippen molar-refractivity contribution in [1.82, 2.24) is 10.2 Å². The summed E-state index contributed by atoms with van der Waals surface area (Å²) < 4.78 is 11.0. The minimum absolute atomic E-state index is 0.290. The fourth-order valence-electron chi connectivity index (χ4n) is 3.23. The number of rotatable bonds is 3. The van der Waals surface area contributed by atoms with Gasteiger partial charge in [-0.1, -0.05) is 12.8 Å². The molecule has 7 nitrogen and oxygen atoms in total. The van der Waals surface area contributed by atoms with Crippen LogP contribution in [0.4, 0.5) is 11.5 Å². The maximum Gasteiger partial charge on any atom is 0.276 e. The number of carbonyl (C=O) groups excluding carboxylic acids is 1. The van der Waals surface area contributed by atoms with E-state index in [9.17, 15) is 4.79 Å². The largest absolute Gasteiger partial charge is 0.486 e. The Hall–Kier alpha value is -2.83. The second-order valence-electron chi connectivity index (χ2n) is 6.49. The number of amides is 1. The average molecular weight is 354 g/mol. The molecule has 4 rings (SSSR count). The van der Waals surface area contributed by atoms with Gasteiger partial charge in [-0.15, -0.1) is 10.2 Å². The zero-order chi connectivity index (χ0) is 17.8. The smallest absolute Gasteiger partial charge is 0.276 e. The predicted octanol–water partition coefficient (Wildman–Crippen LogP) is 2.88. The molecule has 1 N–H and O–H groups in total. The summed E-state index contributed by atoms with van der Waals surface area (Å²) in [5, 5.41) is 11.2. The number of ether oxygens (including phenoxy) is 2. The Morgan fingerprint density at radius 1 is 0.923 bits per heavy atom.